The SMILES string of the molecule is Cc1ccc([C@@H](C)NCc2ccccc2Cl)cc1. The second-order valence-corrected chi connectivity index (χ2v) is 5.01. The highest BCUT2D eigenvalue weighted by Crippen LogP contribution is 2.17. The predicted octanol–water partition coefficient (Wildman–Crippen LogP) is 4.50. The van der Waals surface area contributed by atoms with Gasteiger partial charge in [0.15, 0.2) is 0 Å². The van der Waals surface area contributed by atoms with Crippen molar-refractivity contribution in [1.29, 1.82) is 0 Å². The lowest BCUT2D eigenvalue weighted by molar-refractivity contribution is 0.575. The molecule has 0 aliphatic carbocycles. The average molecular weight is 260 g/mol. The van der Waals surface area contributed by atoms with Crippen molar-refractivity contribution in [2.45, 2.75) is 26.4 Å². The number of halogens is 1. The third-order valence-corrected chi connectivity index (χ3v) is 3.50. The Labute approximate surface area is 114 Å². The van der Waals surface area contributed by atoms with Crippen molar-refractivity contribution in [2.24, 2.45) is 0 Å². The summed E-state index contributed by atoms with van der Waals surface area (Å²) in [6.07, 6.45) is 0. The maximum atomic E-state index is 6.13. The molecule has 2 aromatic carbocycles. The van der Waals surface area contributed by atoms with Gasteiger partial charge in [0.1, 0.15) is 0 Å². The fraction of sp³-hybridized carbons (Fsp3) is 0.250. The monoisotopic (exact) mass is 259 g/mol. The predicted molar refractivity (Wildman–Crippen MR) is 77.9 cm³/mol. The van der Waals surface area contributed by atoms with Gasteiger partial charge in [-0.3, -0.25) is 0 Å². The van der Waals surface area contributed by atoms with E-state index >= 15 is 0 Å². The molecule has 0 amide bonds. The minimum Gasteiger partial charge on any atom is -0.306 e. The largest absolute Gasteiger partial charge is 0.306 e. The van der Waals surface area contributed by atoms with Crippen LogP contribution in [0.3, 0.4) is 0 Å². The molecule has 94 valence electrons. The Morgan fingerprint density at radius 1 is 1.06 bits per heavy atom. The average Bonchev–Trinajstić information content (AvgIpc) is 2.38. The number of hydrogen-bond donors (Lipinski definition) is 1. The van der Waals surface area contributed by atoms with Gasteiger partial charge in [0, 0.05) is 17.6 Å². The van der Waals surface area contributed by atoms with E-state index in [1.165, 1.54) is 11.1 Å². The number of rotatable bonds is 4. The van der Waals surface area contributed by atoms with Crippen LogP contribution < -0.4 is 5.32 Å². The van der Waals surface area contributed by atoms with Crippen molar-refractivity contribution in [3.05, 3.63) is 70.2 Å². The molecule has 18 heavy (non-hydrogen) atoms. The van der Waals surface area contributed by atoms with Gasteiger partial charge in [0.05, 0.1) is 0 Å². The van der Waals surface area contributed by atoms with Crippen LogP contribution in [0.4, 0.5) is 0 Å². The molecule has 0 radical (unpaired) electrons. The Kier molecular flexibility index (Phi) is 4.40. The maximum Gasteiger partial charge on any atom is 0.0450 e. The fourth-order valence-electron chi connectivity index (χ4n) is 1.88. The first-order valence-corrected chi connectivity index (χ1v) is 6.58. The molecule has 0 heterocycles. The normalized spacial score (nSPS) is 12.4. The van der Waals surface area contributed by atoms with Crippen molar-refractivity contribution in [3.63, 3.8) is 0 Å². The van der Waals surface area contributed by atoms with Crippen LogP contribution in [0.15, 0.2) is 48.5 Å². The van der Waals surface area contributed by atoms with E-state index in [-0.39, 0.29) is 0 Å². The summed E-state index contributed by atoms with van der Waals surface area (Å²) in [5.41, 5.74) is 3.72. The van der Waals surface area contributed by atoms with E-state index in [1.807, 2.05) is 18.2 Å². The van der Waals surface area contributed by atoms with Gasteiger partial charge in [0.25, 0.3) is 0 Å². The Balaban J connectivity index is 1.98. The Bertz CT molecular complexity index is 505. The summed E-state index contributed by atoms with van der Waals surface area (Å²) in [6.45, 7) is 5.06. The van der Waals surface area contributed by atoms with Gasteiger partial charge in [-0.25, -0.2) is 0 Å². The van der Waals surface area contributed by atoms with Crippen LogP contribution in [0.1, 0.15) is 29.7 Å². The van der Waals surface area contributed by atoms with Crippen molar-refractivity contribution >= 4 is 11.6 Å². The number of nitrogens with one attached hydrogen (secondary N) is 1. The van der Waals surface area contributed by atoms with Gasteiger partial charge < -0.3 is 5.32 Å². The summed E-state index contributed by atoms with van der Waals surface area (Å²) in [6, 6.07) is 16.9. The standard InChI is InChI=1S/C16H18ClN/c1-12-7-9-14(10-8-12)13(2)18-11-15-5-3-4-6-16(15)17/h3-10,13,18H,11H2,1-2H3/t13-/m1/s1. The fourth-order valence-corrected chi connectivity index (χ4v) is 2.08. The summed E-state index contributed by atoms with van der Waals surface area (Å²) in [7, 11) is 0. The van der Waals surface area contributed by atoms with Gasteiger partial charge >= 0.3 is 0 Å². The summed E-state index contributed by atoms with van der Waals surface area (Å²) in [5.74, 6) is 0. The van der Waals surface area contributed by atoms with Gasteiger partial charge in [-0.1, -0.05) is 59.6 Å². The van der Waals surface area contributed by atoms with Gasteiger partial charge in [-0.2, -0.15) is 0 Å². The smallest absolute Gasteiger partial charge is 0.0450 e. The highest BCUT2D eigenvalue weighted by atomic mass is 35.5. The molecular weight excluding hydrogens is 242 g/mol. The first kappa shape index (κ1) is 13.1. The van der Waals surface area contributed by atoms with Crippen molar-refractivity contribution in [3.8, 4) is 0 Å². The Morgan fingerprint density at radius 3 is 2.39 bits per heavy atom. The zero-order valence-corrected chi connectivity index (χ0v) is 11.5. The molecule has 0 saturated carbocycles. The van der Waals surface area contributed by atoms with E-state index in [2.05, 4.69) is 49.5 Å². The minimum absolute atomic E-state index is 0.321. The lowest BCUT2D eigenvalue weighted by Gasteiger charge is -2.15. The van der Waals surface area contributed by atoms with Gasteiger partial charge in [0.2, 0.25) is 0 Å². The molecule has 0 aliphatic heterocycles. The van der Waals surface area contributed by atoms with E-state index in [4.69, 9.17) is 11.6 Å². The minimum atomic E-state index is 0.321. The summed E-state index contributed by atoms with van der Waals surface area (Å²) in [5, 5.41) is 4.31. The Morgan fingerprint density at radius 2 is 1.72 bits per heavy atom. The molecule has 1 N–H and O–H groups in total. The molecular formula is C16H18ClN. The molecule has 1 nitrogen and oxygen atoms in total. The van der Waals surface area contributed by atoms with E-state index in [1.54, 1.807) is 0 Å². The highest BCUT2D eigenvalue weighted by molar-refractivity contribution is 6.31. The molecule has 0 spiro atoms. The maximum absolute atomic E-state index is 6.13. The van der Waals surface area contributed by atoms with Crippen LogP contribution in [-0.2, 0) is 6.54 Å². The first-order valence-electron chi connectivity index (χ1n) is 6.20. The second-order valence-electron chi connectivity index (χ2n) is 4.60. The molecule has 2 aromatic rings. The zero-order valence-electron chi connectivity index (χ0n) is 10.8. The summed E-state index contributed by atoms with van der Waals surface area (Å²) >= 11 is 6.13. The second kappa shape index (κ2) is 6.03. The van der Waals surface area contributed by atoms with Crippen LogP contribution in [0.5, 0.6) is 0 Å². The van der Waals surface area contributed by atoms with Crippen LogP contribution in [0.25, 0.3) is 0 Å². The van der Waals surface area contributed by atoms with Crippen LogP contribution in [0, 0.1) is 6.92 Å². The Hall–Kier alpha value is -1.31. The third kappa shape index (κ3) is 3.34. The lowest BCUT2D eigenvalue weighted by atomic mass is 10.1. The van der Waals surface area contributed by atoms with E-state index in [9.17, 15) is 0 Å². The number of hydrogen-bond acceptors (Lipinski definition) is 1. The first-order chi connectivity index (χ1) is 8.66. The topological polar surface area (TPSA) is 12.0 Å². The zero-order chi connectivity index (χ0) is 13.0. The van der Waals surface area contributed by atoms with Crippen molar-refractivity contribution in [1.82, 2.24) is 5.32 Å². The molecule has 0 aliphatic rings. The van der Waals surface area contributed by atoms with Crippen molar-refractivity contribution < 1.29 is 0 Å². The molecule has 2 heteroatoms. The third-order valence-electron chi connectivity index (χ3n) is 3.13. The molecule has 0 unspecified atom stereocenters. The lowest BCUT2D eigenvalue weighted by Crippen LogP contribution is -2.18. The molecule has 0 saturated heterocycles. The molecule has 0 fully saturated rings. The van der Waals surface area contributed by atoms with E-state index in [0.717, 1.165) is 17.1 Å². The van der Waals surface area contributed by atoms with Crippen LogP contribution in [-0.4, -0.2) is 0 Å². The number of benzene rings is 2. The molecule has 0 bridgehead atoms. The molecule has 0 aromatic heterocycles. The van der Waals surface area contributed by atoms with Crippen LogP contribution >= 0.6 is 11.6 Å². The van der Waals surface area contributed by atoms with E-state index in [0.29, 0.717) is 6.04 Å². The highest BCUT2D eigenvalue weighted by Gasteiger charge is 2.05. The summed E-state index contributed by atoms with van der Waals surface area (Å²) < 4.78 is 0. The van der Waals surface area contributed by atoms with E-state index < -0.39 is 0 Å². The quantitative estimate of drug-likeness (QED) is 0.853. The van der Waals surface area contributed by atoms with Gasteiger partial charge in [-0.15, -0.1) is 0 Å². The van der Waals surface area contributed by atoms with Gasteiger partial charge in [-0.05, 0) is 31.0 Å². The van der Waals surface area contributed by atoms with Crippen molar-refractivity contribution in [2.75, 3.05) is 0 Å². The molecule has 1 atom stereocenters. The van der Waals surface area contributed by atoms with Crippen LogP contribution in [0.2, 0.25) is 5.02 Å². The molecule has 2 rings (SSSR count). The number of aryl methyl sites for hydroxylation is 1. The summed E-state index contributed by atoms with van der Waals surface area (Å²) in [4.78, 5) is 0.